The standard InChI is InChI=1S/C31H30F4N2O4/c1-17-10-23(8-6-20(17)15-30(3,4)29(39)40)41-24-12-19(11-22(32)14-24)16-36-28(38)27-18(2)25-13-21(31(33,34)35)7-9-26(25)37(27)5/h6-14H,15-16H2,1-5H3,(H,36,38)(H,39,40). The number of aliphatic carboxylic acids is 1. The van der Waals surface area contributed by atoms with Crippen LogP contribution in [0, 0.1) is 25.1 Å². The van der Waals surface area contributed by atoms with Gasteiger partial charge in [0.2, 0.25) is 0 Å². The van der Waals surface area contributed by atoms with Gasteiger partial charge in [0.15, 0.2) is 0 Å². The van der Waals surface area contributed by atoms with Crippen LogP contribution in [0.3, 0.4) is 0 Å². The van der Waals surface area contributed by atoms with Crippen molar-refractivity contribution < 1.29 is 37.0 Å². The Morgan fingerprint density at radius 1 is 0.976 bits per heavy atom. The van der Waals surface area contributed by atoms with Crippen LogP contribution >= 0.6 is 0 Å². The number of fused-ring (bicyclic) bond motifs is 1. The molecule has 0 saturated carbocycles. The summed E-state index contributed by atoms with van der Waals surface area (Å²) >= 11 is 0. The summed E-state index contributed by atoms with van der Waals surface area (Å²) in [5, 5.41) is 12.4. The number of carboxylic acid groups (broad SMARTS) is 1. The number of rotatable bonds is 8. The molecule has 0 aliphatic heterocycles. The summed E-state index contributed by atoms with van der Waals surface area (Å²) in [5.74, 6) is -1.36. The average Bonchev–Trinajstić information content (AvgIpc) is 3.12. The predicted octanol–water partition coefficient (Wildman–Crippen LogP) is 7.33. The molecule has 0 spiro atoms. The van der Waals surface area contributed by atoms with Gasteiger partial charge in [-0.1, -0.05) is 6.07 Å². The van der Waals surface area contributed by atoms with Crippen LogP contribution in [0.5, 0.6) is 11.5 Å². The maximum absolute atomic E-state index is 14.4. The van der Waals surface area contributed by atoms with Crippen LogP contribution in [-0.2, 0) is 31.0 Å². The summed E-state index contributed by atoms with van der Waals surface area (Å²) in [7, 11) is 1.60. The minimum atomic E-state index is -4.51. The lowest BCUT2D eigenvalue weighted by atomic mass is 9.84. The van der Waals surface area contributed by atoms with E-state index >= 15 is 0 Å². The summed E-state index contributed by atoms with van der Waals surface area (Å²) in [5.41, 5.74) is 1.45. The van der Waals surface area contributed by atoms with E-state index in [0.717, 1.165) is 23.3 Å². The van der Waals surface area contributed by atoms with E-state index in [0.29, 0.717) is 34.2 Å². The van der Waals surface area contributed by atoms with Crippen molar-refractivity contribution in [3.8, 4) is 11.5 Å². The van der Waals surface area contributed by atoms with E-state index in [2.05, 4.69) is 5.32 Å². The first-order chi connectivity index (χ1) is 19.1. The number of alkyl halides is 3. The van der Waals surface area contributed by atoms with Crippen LogP contribution < -0.4 is 10.1 Å². The Labute approximate surface area is 234 Å². The monoisotopic (exact) mass is 570 g/mol. The van der Waals surface area contributed by atoms with Gasteiger partial charge >= 0.3 is 12.1 Å². The smallest absolute Gasteiger partial charge is 0.416 e. The highest BCUT2D eigenvalue weighted by molar-refractivity contribution is 6.01. The summed E-state index contributed by atoms with van der Waals surface area (Å²) in [4.78, 5) is 24.5. The third-order valence-corrected chi connectivity index (χ3v) is 7.14. The maximum Gasteiger partial charge on any atom is 0.416 e. The van der Waals surface area contributed by atoms with Gasteiger partial charge in [-0.15, -0.1) is 0 Å². The molecule has 0 radical (unpaired) electrons. The second-order valence-corrected chi connectivity index (χ2v) is 10.8. The Morgan fingerprint density at radius 3 is 2.32 bits per heavy atom. The molecule has 4 rings (SSSR count). The number of amides is 1. The van der Waals surface area contributed by atoms with Crippen LogP contribution in [-0.4, -0.2) is 21.6 Å². The van der Waals surface area contributed by atoms with Gasteiger partial charge in [-0.2, -0.15) is 13.2 Å². The molecule has 0 aliphatic carbocycles. The van der Waals surface area contributed by atoms with E-state index in [1.54, 1.807) is 52.1 Å². The lowest BCUT2D eigenvalue weighted by Gasteiger charge is -2.20. The first kappa shape index (κ1) is 29.6. The van der Waals surface area contributed by atoms with Crippen molar-refractivity contribution in [2.24, 2.45) is 12.5 Å². The number of carboxylic acids is 1. The summed E-state index contributed by atoms with van der Waals surface area (Å²) in [6.07, 6.45) is -4.17. The van der Waals surface area contributed by atoms with Crippen LogP contribution in [0.15, 0.2) is 54.6 Å². The van der Waals surface area contributed by atoms with Gasteiger partial charge in [-0.3, -0.25) is 9.59 Å². The number of hydrogen-bond acceptors (Lipinski definition) is 3. The molecule has 0 bridgehead atoms. The first-order valence-electron chi connectivity index (χ1n) is 12.8. The van der Waals surface area contributed by atoms with Crippen molar-refractivity contribution in [3.63, 3.8) is 0 Å². The average molecular weight is 571 g/mol. The molecule has 10 heteroatoms. The van der Waals surface area contributed by atoms with Crippen LogP contribution in [0.1, 0.15) is 52.2 Å². The lowest BCUT2D eigenvalue weighted by Crippen LogP contribution is -2.26. The summed E-state index contributed by atoms with van der Waals surface area (Å²) in [6.45, 7) is 6.67. The summed E-state index contributed by atoms with van der Waals surface area (Å²) in [6, 6.07) is 12.6. The molecule has 3 aromatic carbocycles. The number of aromatic nitrogens is 1. The highest BCUT2D eigenvalue weighted by atomic mass is 19.4. The number of benzene rings is 3. The van der Waals surface area contributed by atoms with Crippen molar-refractivity contribution in [3.05, 3.63) is 93.9 Å². The van der Waals surface area contributed by atoms with E-state index in [1.165, 1.54) is 22.8 Å². The predicted molar refractivity (Wildman–Crippen MR) is 147 cm³/mol. The van der Waals surface area contributed by atoms with Crippen molar-refractivity contribution in [2.45, 2.75) is 46.8 Å². The minimum absolute atomic E-state index is 0.0516. The largest absolute Gasteiger partial charge is 0.481 e. The topological polar surface area (TPSA) is 80.6 Å². The summed E-state index contributed by atoms with van der Waals surface area (Å²) < 4.78 is 61.4. The quantitative estimate of drug-likeness (QED) is 0.218. The van der Waals surface area contributed by atoms with Crippen molar-refractivity contribution in [1.29, 1.82) is 0 Å². The molecule has 2 N–H and O–H groups in total. The van der Waals surface area contributed by atoms with E-state index in [9.17, 15) is 32.3 Å². The number of nitrogens with zero attached hydrogens (tertiary/aromatic N) is 1. The number of ether oxygens (including phenoxy) is 1. The lowest BCUT2D eigenvalue weighted by molar-refractivity contribution is -0.146. The normalized spacial score (nSPS) is 12.0. The first-order valence-corrected chi connectivity index (χ1v) is 12.8. The van der Waals surface area contributed by atoms with E-state index in [1.807, 2.05) is 6.92 Å². The number of carbonyl (C=O) groups is 2. The van der Waals surface area contributed by atoms with Crippen molar-refractivity contribution in [1.82, 2.24) is 9.88 Å². The molecule has 0 fully saturated rings. The van der Waals surface area contributed by atoms with Gasteiger partial charge in [0.25, 0.3) is 5.91 Å². The number of hydrogen-bond donors (Lipinski definition) is 2. The van der Waals surface area contributed by atoms with Gasteiger partial charge in [-0.05, 0) is 98.8 Å². The van der Waals surface area contributed by atoms with Crippen LogP contribution in [0.4, 0.5) is 17.6 Å². The second kappa shape index (κ2) is 10.9. The molecule has 1 amide bonds. The highest BCUT2D eigenvalue weighted by Crippen LogP contribution is 2.34. The third-order valence-electron chi connectivity index (χ3n) is 7.14. The molecule has 0 unspecified atom stereocenters. The fraction of sp³-hybridized carbons (Fsp3) is 0.290. The minimum Gasteiger partial charge on any atom is -0.481 e. The van der Waals surface area contributed by atoms with E-state index < -0.39 is 34.8 Å². The Bertz CT molecular complexity index is 1650. The Kier molecular flexibility index (Phi) is 7.89. The van der Waals surface area contributed by atoms with E-state index in [4.69, 9.17) is 4.74 Å². The zero-order valence-corrected chi connectivity index (χ0v) is 23.2. The molecular formula is C31H30F4N2O4. The third kappa shape index (κ3) is 6.37. The zero-order chi connectivity index (χ0) is 30.3. The fourth-order valence-corrected chi connectivity index (χ4v) is 4.79. The molecule has 41 heavy (non-hydrogen) atoms. The maximum atomic E-state index is 14.4. The van der Waals surface area contributed by atoms with Gasteiger partial charge in [0, 0.05) is 30.6 Å². The Hall–Kier alpha value is -4.34. The molecule has 216 valence electrons. The Morgan fingerprint density at radius 2 is 1.68 bits per heavy atom. The van der Waals surface area contributed by atoms with E-state index in [-0.39, 0.29) is 18.0 Å². The molecule has 0 aliphatic rings. The number of nitrogens with one attached hydrogen (secondary N) is 1. The molecule has 1 aromatic heterocycles. The van der Waals surface area contributed by atoms with Gasteiger partial charge in [0.05, 0.1) is 11.0 Å². The van der Waals surface area contributed by atoms with Crippen LogP contribution in [0.2, 0.25) is 0 Å². The fourth-order valence-electron chi connectivity index (χ4n) is 4.79. The van der Waals surface area contributed by atoms with Gasteiger partial charge < -0.3 is 19.7 Å². The second-order valence-electron chi connectivity index (χ2n) is 10.8. The van der Waals surface area contributed by atoms with Gasteiger partial charge in [-0.25, -0.2) is 4.39 Å². The molecule has 0 atom stereocenters. The number of halogens is 4. The molecule has 0 saturated heterocycles. The number of carbonyl (C=O) groups excluding carboxylic acids is 1. The molecular weight excluding hydrogens is 540 g/mol. The van der Waals surface area contributed by atoms with Gasteiger partial charge in [0.1, 0.15) is 23.0 Å². The van der Waals surface area contributed by atoms with Crippen LogP contribution in [0.25, 0.3) is 10.9 Å². The SMILES string of the molecule is Cc1cc(Oc2cc(F)cc(CNC(=O)c3c(C)c4cc(C(F)(F)F)ccc4n3C)c2)ccc1CC(C)(C)C(=O)O. The highest BCUT2D eigenvalue weighted by Gasteiger charge is 2.31. The van der Waals surface area contributed by atoms with Crippen molar-refractivity contribution in [2.75, 3.05) is 0 Å². The molecule has 6 nitrogen and oxygen atoms in total. The number of aryl methyl sites for hydroxylation is 3. The van der Waals surface area contributed by atoms with Crippen molar-refractivity contribution >= 4 is 22.8 Å². The Balaban J connectivity index is 1.50. The zero-order valence-electron chi connectivity index (χ0n) is 23.2. The molecule has 1 heterocycles. The molecule has 4 aromatic rings.